The monoisotopic (exact) mass is 436 g/mol. The van der Waals surface area contributed by atoms with E-state index in [1.807, 2.05) is 45.7 Å². The van der Waals surface area contributed by atoms with Gasteiger partial charge in [0.25, 0.3) is 0 Å². The van der Waals surface area contributed by atoms with E-state index in [2.05, 4.69) is 20.5 Å². The number of nitrogens with one attached hydrogen (secondary N) is 1. The lowest BCUT2D eigenvalue weighted by atomic mass is 10.2. The summed E-state index contributed by atoms with van der Waals surface area (Å²) in [7, 11) is 0. The molecule has 0 fully saturated rings. The molecule has 0 radical (unpaired) electrons. The third-order valence-electron chi connectivity index (χ3n) is 4.56. The Balaban J connectivity index is 1.43. The smallest absolute Gasteiger partial charge is 0.230 e. The highest BCUT2D eigenvalue weighted by atomic mass is 32.2. The number of aromatic nitrogens is 5. The van der Waals surface area contributed by atoms with E-state index in [1.54, 1.807) is 24.7 Å². The number of hydrogen-bond donors (Lipinski definition) is 1. The van der Waals surface area contributed by atoms with E-state index >= 15 is 0 Å². The fourth-order valence-corrected chi connectivity index (χ4v) is 3.83. The average molecular weight is 437 g/mol. The van der Waals surface area contributed by atoms with Gasteiger partial charge in [-0.2, -0.15) is 0 Å². The number of aryl methyl sites for hydroxylation is 1. The number of hydrogen-bond acceptors (Lipinski definition) is 5. The van der Waals surface area contributed by atoms with Crippen LogP contribution in [0.25, 0.3) is 17.1 Å². The summed E-state index contributed by atoms with van der Waals surface area (Å²) < 4.78 is 17.2. The molecule has 4 rings (SSSR count). The van der Waals surface area contributed by atoms with Crippen molar-refractivity contribution in [2.75, 3.05) is 12.3 Å². The van der Waals surface area contributed by atoms with E-state index in [1.165, 1.54) is 23.9 Å². The molecule has 0 atom stereocenters. The Morgan fingerprint density at radius 2 is 1.87 bits per heavy atom. The lowest BCUT2D eigenvalue weighted by molar-refractivity contribution is -0.118. The van der Waals surface area contributed by atoms with E-state index in [0.717, 1.165) is 24.2 Å². The van der Waals surface area contributed by atoms with Crippen LogP contribution in [0.15, 0.2) is 78.5 Å². The molecule has 0 saturated carbocycles. The summed E-state index contributed by atoms with van der Waals surface area (Å²) in [6.07, 6.45) is 6.21. The van der Waals surface area contributed by atoms with Crippen molar-refractivity contribution >= 4 is 17.7 Å². The Hall–Kier alpha value is -3.46. The summed E-state index contributed by atoms with van der Waals surface area (Å²) in [5, 5.41) is 12.1. The molecule has 0 spiro atoms. The number of para-hydroxylation sites is 1. The highest BCUT2D eigenvalue weighted by molar-refractivity contribution is 7.99. The van der Waals surface area contributed by atoms with Crippen molar-refractivity contribution in [3.8, 4) is 17.1 Å². The topological polar surface area (TPSA) is 77.6 Å². The maximum Gasteiger partial charge on any atom is 0.230 e. The first kappa shape index (κ1) is 20.8. The molecular weight excluding hydrogens is 415 g/mol. The first-order valence-electron chi connectivity index (χ1n) is 9.83. The van der Waals surface area contributed by atoms with Crippen molar-refractivity contribution in [3.63, 3.8) is 0 Å². The van der Waals surface area contributed by atoms with Gasteiger partial charge in [-0.1, -0.05) is 30.0 Å². The lowest BCUT2D eigenvalue weighted by Crippen LogP contribution is -2.27. The summed E-state index contributed by atoms with van der Waals surface area (Å²) in [5.74, 6) is 0.435. The molecule has 0 saturated heterocycles. The molecule has 2 aromatic heterocycles. The van der Waals surface area contributed by atoms with Crippen molar-refractivity contribution in [1.29, 1.82) is 0 Å². The highest BCUT2D eigenvalue weighted by Crippen LogP contribution is 2.28. The molecule has 0 bridgehead atoms. The maximum atomic E-state index is 13.4. The minimum atomic E-state index is -0.311. The molecule has 2 heterocycles. The predicted octanol–water partition coefficient (Wildman–Crippen LogP) is 3.57. The van der Waals surface area contributed by atoms with Crippen LogP contribution in [0.3, 0.4) is 0 Å². The normalized spacial score (nSPS) is 10.9. The van der Waals surface area contributed by atoms with E-state index in [9.17, 15) is 9.18 Å². The predicted molar refractivity (Wildman–Crippen MR) is 117 cm³/mol. The second kappa shape index (κ2) is 10.0. The zero-order chi connectivity index (χ0) is 21.5. The first-order chi connectivity index (χ1) is 15.2. The van der Waals surface area contributed by atoms with Crippen LogP contribution in [-0.2, 0) is 11.3 Å². The van der Waals surface area contributed by atoms with Gasteiger partial charge in [0.05, 0.1) is 12.1 Å². The highest BCUT2D eigenvalue weighted by Gasteiger charge is 2.17. The largest absolute Gasteiger partial charge is 0.355 e. The Kier molecular flexibility index (Phi) is 6.73. The Labute approximate surface area is 183 Å². The van der Waals surface area contributed by atoms with Crippen LogP contribution in [0.5, 0.6) is 0 Å². The van der Waals surface area contributed by atoms with Crippen molar-refractivity contribution in [3.05, 3.63) is 79.1 Å². The van der Waals surface area contributed by atoms with Crippen molar-refractivity contribution in [2.24, 2.45) is 0 Å². The fourth-order valence-electron chi connectivity index (χ4n) is 3.05. The number of benzene rings is 2. The molecule has 0 aliphatic rings. The second-order valence-electron chi connectivity index (χ2n) is 6.78. The van der Waals surface area contributed by atoms with E-state index in [4.69, 9.17) is 0 Å². The Bertz CT molecular complexity index is 1110. The van der Waals surface area contributed by atoms with Crippen LogP contribution in [0, 0.1) is 5.82 Å². The third-order valence-corrected chi connectivity index (χ3v) is 5.49. The van der Waals surface area contributed by atoms with Gasteiger partial charge in [-0.05, 0) is 42.8 Å². The summed E-state index contributed by atoms with van der Waals surface area (Å²) in [4.78, 5) is 16.3. The third kappa shape index (κ3) is 5.37. The van der Waals surface area contributed by atoms with Crippen LogP contribution in [0.1, 0.15) is 6.42 Å². The van der Waals surface area contributed by atoms with Gasteiger partial charge in [-0.25, -0.2) is 9.37 Å². The summed E-state index contributed by atoms with van der Waals surface area (Å²) in [6, 6.07) is 15.8. The second-order valence-corrected chi connectivity index (χ2v) is 7.72. The van der Waals surface area contributed by atoms with Gasteiger partial charge in [0, 0.05) is 36.7 Å². The van der Waals surface area contributed by atoms with Crippen molar-refractivity contribution in [1.82, 2.24) is 29.6 Å². The van der Waals surface area contributed by atoms with E-state index in [0.29, 0.717) is 17.5 Å². The van der Waals surface area contributed by atoms with E-state index < -0.39 is 0 Å². The summed E-state index contributed by atoms with van der Waals surface area (Å²) >= 11 is 1.31. The number of carbonyl (C=O) groups is 1. The molecule has 9 heteroatoms. The first-order valence-corrected chi connectivity index (χ1v) is 10.8. The minimum Gasteiger partial charge on any atom is -0.355 e. The molecule has 1 amide bonds. The van der Waals surface area contributed by atoms with Gasteiger partial charge in [-0.15, -0.1) is 10.2 Å². The lowest BCUT2D eigenvalue weighted by Gasteiger charge is -2.10. The maximum absolute atomic E-state index is 13.4. The number of thioether (sulfide) groups is 1. The van der Waals surface area contributed by atoms with Gasteiger partial charge in [0.2, 0.25) is 5.91 Å². The molecule has 1 N–H and O–H groups in total. The average Bonchev–Trinajstić information content (AvgIpc) is 3.46. The van der Waals surface area contributed by atoms with Gasteiger partial charge in [0.1, 0.15) is 5.82 Å². The molecule has 4 aromatic rings. The number of imidazole rings is 1. The number of halogens is 1. The van der Waals surface area contributed by atoms with Crippen LogP contribution in [0.2, 0.25) is 0 Å². The van der Waals surface area contributed by atoms with Gasteiger partial charge < -0.3 is 9.88 Å². The van der Waals surface area contributed by atoms with Crippen molar-refractivity contribution < 1.29 is 9.18 Å². The summed E-state index contributed by atoms with van der Waals surface area (Å²) in [6.45, 7) is 1.39. The quantitative estimate of drug-likeness (QED) is 0.321. The molecule has 0 unspecified atom stereocenters. The summed E-state index contributed by atoms with van der Waals surface area (Å²) in [5.41, 5.74) is 1.61. The fraction of sp³-hybridized carbons (Fsp3) is 0.182. The van der Waals surface area contributed by atoms with Crippen LogP contribution in [0.4, 0.5) is 4.39 Å². The van der Waals surface area contributed by atoms with E-state index in [-0.39, 0.29) is 17.5 Å². The Morgan fingerprint density at radius 3 is 2.61 bits per heavy atom. The standard InChI is InChI=1S/C22H21FN6OS/c23-18-9-7-17(8-10-18)21-26-27-22(29(21)19-5-2-1-3-6-19)31-15-20(30)25-11-4-13-28-14-12-24-16-28/h1-3,5-10,12,14,16H,4,11,13,15H2,(H,25,30). The van der Waals surface area contributed by atoms with Gasteiger partial charge >= 0.3 is 0 Å². The minimum absolute atomic E-state index is 0.0680. The molecule has 7 nitrogen and oxygen atoms in total. The van der Waals surface area contributed by atoms with Crippen molar-refractivity contribution in [2.45, 2.75) is 18.1 Å². The molecule has 2 aromatic carbocycles. The molecule has 31 heavy (non-hydrogen) atoms. The number of nitrogens with zero attached hydrogens (tertiary/aromatic N) is 5. The van der Waals surface area contributed by atoms with Gasteiger partial charge in [0.15, 0.2) is 11.0 Å². The number of amides is 1. The zero-order valence-electron chi connectivity index (χ0n) is 16.7. The molecule has 0 aliphatic carbocycles. The zero-order valence-corrected chi connectivity index (χ0v) is 17.5. The number of carbonyl (C=O) groups excluding carboxylic acids is 1. The molecular formula is C22H21FN6OS. The van der Waals surface area contributed by atoms with Crippen LogP contribution < -0.4 is 5.32 Å². The van der Waals surface area contributed by atoms with Crippen LogP contribution >= 0.6 is 11.8 Å². The SMILES string of the molecule is O=C(CSc1nnc(-c2ccc(F)cc2)n1-c1ccccc1)NCCCn1ccnc1. The number of rotatable bonds is 9. The molecule has 158 valence electrons. The molecule has 0 aliphatic heterocycles. The Morgan fingerprint density at radius 1 is 1.06 bits per heavy atom. The van der Waals surface area contributed by atoms with Crippen LogP contribution in [-0.4, -0.2) is 42.5 Å². The van der Waals surface area contributed by atoms with Gasteiger partial charge in [-0.3, -0.25) is 9.36 Å².